The highest BCUT2D eigenvalue weighted by Crippen LogP contribution is 2.54. The van der Waals surface area contributed by atoms with Gasteiger partial charge in [0.05, 0.1) is 22.7 Å². The van der Waals surface area contributed by atoms with Crippen molar-refractivity contribution in [3.05, 3.63) is 447 Å². The van der Waals surface area contributed by atoms with Crippen molar-refractivity contribution in [2.24, 2.45) is 0 Å². The molecule has 0 fully saturated rings. The molecule has 0 bridgehead atoms. The maximum absolute atomic E-state index is 7.41. The van der Waals surface area contributed by atoms with E-state index in [2.05, 4.69) is 472 Å². The van der Waals surface area contributed by atoms with Gasteiger partial charge in [-0.05, 0) is 215 Å². The molecule has 0 radical (unpaired) electrons. The van der Waals surface area contributed by atoms with Crippen LogP contribution in [-0.2, 0) is 0 Å². The third-order valence-corrected chi connectivity index (χ3v) is 24.7. The van der Waals surface area contributed by atoms with Gasteiger partial charge in [-0.15, -0.1) is 0 Å². The Hall–Kier alpha value is -15.8. The van der Waals surface area contributed by atoms with Crippen molar-refractivity contribution in [1.29, 1.82) is 0 Å². The van der Waals surface area contributed by atoms with Crippen LogP contribution in [0.15, 0.2) is 433 Å². The number of para-hydroxylation sites is 2. The molecule has 0 N–H and O–H groups in total. The summed E-state index contributed by atoms with van der Waals surface area (Å²) in [6.07, 6.45) is 0. The monoisotopic (exact) mass is 1560 g/mol. The molecule has 2 heterocycles. The van der Waals surface area contributed by atoms with Gasteiger partial charge < -0.3 is 28.4 Å². The van der Waals surface area contributed by atoms with Crippen LogP contribution in [0.1, 0.15) is 22.3 Å². The molecule has 122 heavy (non-hydrogen) atoms. The topological polar surface area (TPSA) is 39.2 Å². The van der Waals surface area contributed by atoms with Gasteiger partial charge in [0.1, 0.15) is 22.3 Å². The average Bonchev–Trinajstić information content (AvgIpc) is 1.55. The molecule has 22 rings (SSSR count). The van der Waals surface area contributed by atoms with Crippen molar-refractivity contribution in [3.63, 3.8) is 0 Å². The van der Waals surface area contributed by atoms with Gasteiger partial charge in [-0.2, -0.15) is 0 Å². The van der Waals surface area contributed by atoms with E-state index in [1.54, 1.807) is 0 Å². The molecule has 0 amide bonds. The lowest BCUT2D eigenvalue weighted by atomic mass is 9.96. The molecular weight excluding hydrogens is 1480 g/mol. The summed E-state index contributed by atoms with van der Waals surface area (Å²) in [5.74, 6) is 0. The van der Waals surface area contributed by atoms with Crippen LogP contribution in [0.4, 0.5) is 68.2 Å². The highest BCUT2D eigenvalue weighted by Gasteiger charge is 2.30. The molecule has 0 spiro atoms. The number of hydrogen-bond donors (Lipinski definition) is 0. The average molecular weight is 1560 g/mol. The number of hydrogen-bond acceptors (Lipinski definition) is 6. The third kappa shape index (κ3) is 12.7. The Morgan fingerprint density at radius 2 is 0.369 bits per heavy atom. The van der Waals surface area contributed by atoms with E-state index in [-0.39, 0.29) is 0 Å². The second-order valence-corrected chi connectivity index (χ2v) is 32.1. The van der Waals surface area contributed by atoms with E-state index in [0.29, 0.717) is 0 Å². The zero-order valence-electron chi connectivity index (χ0n) is 68.0. The van der Waals surface area contributed by atoms with Crippen molar-refractivity contribution in [1.82, 2.24) is 0 Å². The zero-order chi connectivity index (χ0) is 81.5. The fourth-order valence-corrected chi connectivity index (χ4v) is 18.7. The first kappa shape index (κ1) is 72.7. The molecule has 20 aromatic carbocycles. The minimum absolute atomic E-state index is 0.844. The van der Waals surface area contributed by atoms with E-state index in [1.165, 1.54) is 11.1 Å². The summed E-state index contributed by atoms with van der Waals surface area (Å²) in [4.78, 5) is 9.83. The first-order valence-corrected chi connectivity index (χ1v) is 41.9. The minimum atomic E-state index is 0.844. The van der Waals surface area contributed by atoms with Gasteiger partial charge in [0, 0.05) is 110 Å². The van der Waals surface area contributed by atoms with Crippen LogP contribution in [-0.4, -0.2) is 0 Å². The molecule has 578 valence electrons. The second kappa shape index (κ2) is 30.3. The largest absolute Gasteiger partial charge is 0.455 e. The van der Waals surface area contributed by atoms with Crippen LogP contribution in [0.25, 0.3) is 143 Å². The molecule has 22 aromatic rings. The number of furan rings is 2. The standard InChI is InChI=1S/C116H82N4O2/c1-75-31-17-27-53-105(75)117(89-61-55-83(56-62-89)79-33-9-5-10-34-79)109-71-101-102-72-110(94-46-20-24-50-98(94)114(102)121-113(101)97-49-23-19-45-93(97)109)118(90-63-57-84(58-64-90)80-35-11-6-12-36-80)107-65-59-87(67-77(107)3)88-60-66-108(78(4)68-88)120(92-44-30-42-86(70-92)82-39-15-8-16-40-82)112-74-104-103-73-111(95-47-21-25-51-99(95)115(103)122-116(104)100-52-26-22-48-96(100)112)119(106-54-28-18-32-76(106)2)91-43-29-41-85(69-91)81-37-13-7-14-38-81/h5-74H,1-4H3. The van der Waals surface area contributed by atoms with Crippen molar-refractivity contribution >= 4 is 155 Å². The fraction of sp³-hybridized carbons (Fsp3) is 0.0345. The molecule has 0 saturated heterocycles. The van der Waals surface area contributed by atoms with Crippen LogP contribution in [0.3, 0.4) is 0 Å². The number of aryl methyl sites for hydroxylation is 4. The number of anilines is 12. The SMILES string of the molecule is Cc1ccccc1N(c1ccc(-c2ccccc2)cc1)c1cc2c3cc(N(c4ccc(-c5ccccc5)cc4)c4ccc(-c5ccc(N(c6cccc(-c7ccccc7)c6)c6cc7c8cc(N(c9cccc(-c%10ccccc%10)c9)c9ccccc9C)c9ccccc9c8oc7c7ccccc67)c(C)c5)cc4C)c4ccccc4c3oc2c2ccccc12. The Bertz CT molecular complexity index is 7810. The Morgan fingerprint density at radius 1 is 0.139 bits per heavy atom. The van der Waals surface area contributed by atoms with E-state index in [1.807, 2.05) is 0 Å². The Labute approximate surface area is 709 Å². The molecule has 0 unspecified atom stereocenters. The van der Waals surface area contributed by atoms with Gasteiger partial charge in [0.2, 0.25) is 0 Å². The summed E-state index contributed by atoms with van der Waals surface area (Å²) in [5.41, 5.74) is 32.1. The predicted octanol–water partition coefficient (Wildman–Crippen LogP) is 33.5. The first-order chi connectivity index (χ1) is 60.2. The second-order valence-electron chi connectivity index (χ2n) is 32.1. The Kier molecular flexibility index (Phi) is 18.1. The highest BCUT2D eigenvalue weighted by molar-refractivity contribution is 6.27. The lowest BCUT2D eigenvalue weighted by molar-refractivity contribution is 0.676. The van der Waals surface area contributed by atoms with E-state index >= 15 is 0 Å². The number of benzene rings is 20. The maximum atomic E-state index is 7.41. The minimum Gasteiger partial charge on any atom is -0.455 e. The summed E-state index contributed by atoms with van der Waals surface area (Å²) in [6, 6.07) is 155. The van der Waals surface area contributed by atoms with Crippen LogP contribution >= 0.6 is 0 Å². The summed E-state index contributed by atoms with van der Waals surface area (Å²) in [7, 11) is 0. The van der Waals surface area contributed by atoms with E-state index in [0.717, 1.165) is 222 Å². The van der Waals surface area contributed by atoms with E-state index in [4.69, 9.17) is 8.83 Å². The van der Waals surface area contributed by atoms with Crippen molar-refractivity contribution in [2.75, 3.05) is 19.6 Å². The van der Waals surface area contributed by atoms with Crippen LogP contribution < -0.4 is 19.6 Å². The molecule has 0 aliphatic heterocycles. The lowest BCUT2D eigenvalue weighted by Gasteiger charge is -2.30. The van der Waals surface area contributed by atoms with E-state index in [9.17, 15) is 0 Å². The molecule has 0 aliphatic rings. The van der Waals surface area contributed by atoms with E-state index < -0.39 is 0 Å². The van der Waals surface area contributed by atoms with Crippen LogP contribution in [0.2, 0.25) is 0 Å². The van der Waals surface area contributed by atoms with Crippen molar-refractivity contribution in [2.45, 2.75) is 27.7 Å². The number of rotatable bonds is 17. The smallest absolute Gasteiger partial charge is 0.143 e. The van der Waals surface area contributed by atoms with Gasteiger partial charge in [-0.1, -0.05) is 315 Å². The number of fused-ring (bicyclic) bond motifs is 14. The Balaban J connectivity index is 0.701. The van der Waals surface area contributed by atoms with Crippen LogP contribution in [0.5, 0.6) is 0 Å². The molecule has 0 saturated carbocycles. The van der Waals surface area contributed by atoms with Crippen LogP contribution in [0, 0.1) is 27.7 Å². The highest BCUT2D eigenvalue weighted by atomic mass is 16.3. The van der Waals surface area contributed by atoms with Gasteiger partial charge in [-0.3, -0.25) is 0 Å². The molecule has 6 heteroatoms. The molecule has 0 aliphatic carbocycles. The number of nitrogens with zero attached hydrogens (tertiary/aromatic N) is 4. The molecule has 2 aromatic heterocycles. The fourth-order valence-electron chi connectivity index (χ4n) is 18.7. The maximum Gasteiger partial charge on any atom is 0.143 e. The Morgan fingerprint density at radius 3 is 0.672 bits per heavy atom. The predicted molar refractivity (Wildman–Crippen MR) is 516 cm³/mol. The van der Waals surface area contributed by atoms with Gasteiger partial charge in [0.25, 0.3) is 0 Å². The zero-order valence-corrected chi connectivity index (χ0v) is 68.0. The summed E-state index contributed by atoms with van der Waals surface area (Å²) in [6.45, 7) is 8.95. The van der Waals surface area contributed by atoms with Gasteiger partial charge in [0.15, 0.2) is 0 Å². The quantitative estimate of drug-likeness (QED) is 0.0905. The normalized spacial score (nSPS) is 11.6. The first-order valence-electron chi connectivity index (χ1n) is 41.9. The third-order valence-electron chi connectivity index (χ3n) is 24.7. The summed E-state index contributed by atoms with van der Waals surface area (Å²) in [5, 5.41) is 12.6. The molecular formula is C116H82N4O2. The summed E-state index contributed by atoms with van der Waals surface area (Å²) >= 11 is 0. The molecule has 0 atom stereocenters. The lowest BCUT2D eigenvalue weighted by Crippen LogP contribution is -2.12. The van der Waals surface area contributed by atoms with Gasteiger partial charge >= 0.3 is 0 Å². The summed E-state index contributed by atoms with van der Waals surface area (Å²) < 4.78 is 14.8. The van der Waals surface area contributed by atoms with Crippen molar-refractivity contribution in [3.8, 4) is 55.6 Å². The van der Waals surface area contributed by atoms with Crippen molar-refractivity contribution < 1.29 is 8.83 Å². The van der Waals surface area contributed by atoms with Gasteiger partial charge in [-0.25, -0.2) is 0 Å². The molecule has 6 nitrogen and oxygen atoms in total.